The second kappa shape index (κ2) is 5.48. The van der Waals surface area contributed by atoms with E-state index in [4.69, 9.17) is 10.00 Å². The highest BCUT2D eigenvalue weighted by Crippen LogP contribution is 2.08. The molecule has 3 nitrogen and oxygen atoms in total. The summed E-state index contributed by atoms with van der Waals surface area (Å²) in [5.41, 5.74) is 0. The molecular weight excluding hydrogens is 184 g/mol. The molecule has 1 aliphatic heterocycles. The molecule has 0 saturated carbocycles. The quantitative estimate of drug-likeness (QED) is 0.684. The van der Waals surface area contributed by atoms with Crippen LogP contribution in [0.4, 0.5) is 0 Å². The summed E-state index contributed by atoms with van der Waals surface area (Å²) in [5.74, 6) is 1.48. The Morgan fingerprint density at radius 1 is 1.77 bits per heavy atom. The maximum atomic E-state index is 8.68. The lowest BCUT2D eigenvalue weighted by Crippen LogP contribution is -2.43. The fraction of sp³-hybridized carbons (Fsp3) is 0.889. The van der Waals surface area contributed by atoms with Crippen LogP contribution in [-0.4, -0.2) is 43.0 Å². The summed E-state index contributed by atoms with van der Waals surface area (Å²) >= 11 is 4.24. The van der Waals surface area contributed by atoms with E-state index in [1.165, 1.54) is 0 Å². The minimum Gasteiger partial charge on any atom is -0.361 e. The van der Waals surface area contributed by atoms with Crippen LogP contribution in [0.1, 0.15) is 6.92 Å². The van der Waals surface area contributed by atoms with Crippen molar-refractivity contribution in [2.45, 2.75) is 13.0 Å². The predicted molar refractivity (Wildman–Crippen MR) is 54.8 cm³/mol. The summed E-state index contributed by atoms with van der Waals surface area (Å²) in [5, 5.41) is 8.68. The van der Waals surface area contributed by atoms with E-state index in [9.17, 15) is 0 Å². The van der Waals surface area contributed by atoms with Gasteiger partial charge in [-0.25, -0.2) is 0 Å². The molecule has 1 fully saturated rings. The van der Waals surface area contributed by atoms with E-state index < -0.39 is 0 Å². The minimum atomic E-state index is -0.235. The number of morpholine rings is 1. The molecule has 1 saturated heterocycles. The lowest BCUT2D eigenvalue weighted by atomic mass is 10.2. The molecule has 1 rings (SSSR count). The normalized spacial score (nSPS) is 26.7. The number of thiol groups is 1. The third-order valence-corrected chi connectivity index (χ3v) is 2.80. The average molecular weight is 200 g/mol. The monoisotopic (exact) mass is 200 g/mol. The Labute approximate surface area is 85.1 Å². The molecule has 0 amide bonds. The van der Waals surface area contributed by atoms with Crippen molar-refractivity contribution in [3.63, 3.8) is 0 Å². The Hall–Kier alpha value is -0.240. The first-order valence-electron chi connectivity index (χ1n) is 4.60. The first kappa shape index (κ1) is 10.8. The lowest BCUT2D eigenvalue weighted by molar-refractivity contribution is -0.00314. The number of hydrogen-bond donors (Lipinski definition) is 1. The van der Waals surface area contributed by atoms with Gasteiger partial charge in [0.1, 0.15) is 0 Å². The molecule has 2 unspecified atom stereocenters. The van der Waals surface area contributed by atoms with E-state index in [2.05, 4.69) is 30.5 Å². The van der Waals surface area contributed by atoms with Gasteiger partial charge in [-0.2, -0.15) is 17.9 Å². The second-order valence-corrected chi connectivity index (χ2v) is 3.90. The molecule has 0 aromatic rings. The van der Waals surface area contributed by atoms with Crippen LogP contribution in [-0.2, 0) is 4.74 Å². The molecule has 0 aliphatic carbocycles. The van der Waals surface area contributed by atoms with Crippen molar-refractivity contribution in [2.75, 3.05) is 32.0 Å². The highest BCUT2D eigenvalue weighted by molar-refractivity contribution is 7.80. The molecule has 0 spiro atoms. The maximum Gasteiger partial charge on any atom is 0.156 e. The van der Waals surface area contributed by atoms with Crippen molar-refractivity contribution < 1.29 is 4.74 Å². The molecular formula is C9H16N2OS. The van der Waals surface area contributed by atoms with E-state index in [1.807, 2.05) is 0 Å². The van der Waals surface area contributed by atoms with Crippen LogP contribution in [0, 0.1) is 17.2 Å². The fourth-order valence-corrected chi connectivity index (χ4v) is 1.56. The van der Waals surface area contributed by atoms with Gasteiger partial charge in [0.05, 0.1) is 12.7 Å². The second-order valence-electron chi connectivity index (χ2n) is 3.54. The molecule has 4 heteroatoms. The summed E-state index contributed by atoms with van der Waals surface area (Å²) < 4.78 is 5.25. The highest BCUT2D eigenvalue weighted by atomic mass is 32.1. The van der Waals surface area contributed by atoms with Gasteiger partial charge < -0.3 is 4.74 Å². The Morgan fingerprint density at radius 2 is 2.54 bits per heavy atom. The van der Waals surface area contributed by atoms with E-state index in [0.717, 1.165) is 25.4 Å². The van der Waals surface area contributed by atoms with E-state index in [1.54, 1.807) is 0 Å². The van der Waals surface area contributed by atoms with Gasteiger partial charge in [0.2, 0.25) is 0 Å². The van der Waals surface area contributed by atoms with Crippen molar-refractivity contribution in [3.8, 4) is 6.07 Å². The molecule has 0 radical (unpaired) electrons. The summed E-state index contributed by atoms with van der Waals surface area (Å²) in [7, 11) is 0. The number of nitrogens with zero attached hydrogens (tertiary/aromatic N) is 2. The van der Waals surface area contributed by atoms with Crippen molar-refractivity contribution in [3.05, 3.63) is 0 Å². The van der Waals surface area contributed by atoms with E-state index >= 15 is 0 Å². The Kier molecular flexibility index (Phi) is 4.57. The third-order valence-electron chi connectivity index (χ3n) is 2.18. The van der Waals surface area contributed by atoms with E-state index in [-0.39, 0.29) is 6.10 Å². The van der Waals surface area contributed by atoms with Crippen molar-refractivity contribution in [2.24, 2.45) is 5.92 Å². The molecule has 2 atom stereocenters. The van der Waals surface area contributed by atoms with Crippen LogP contribution in [0.5, 0.6) is 0 Å². The summed E-state index contributed by atoms with van der Waals surface area (Å²) in [4.78, 5) is 2.28. The van der Waals surface area contributed by atoms with Gasteiger partial charge in [0.15, 0.2) is 6.10 Å². The predicted octanol–water partition coefficient (Wildman–Crippen LogP) is 0.777. The molecule has 0 aromatic heterocycles. The van der Waals surface area contributed by atoms with Gasteiger partial charge in [-0.15, -0.1) is 0 Å². The minimum absolute atomic E-state index is 0.235. The van der Waals surface area contributed by atoms with Gasteiger partial charge >= 0.3 is 0 Å². The number of ether oxygens (including phenoxy) is 1. The topological polar surface area (TPSA) is 36.3 Å². The Bertz CT molecular complexity index is 193. The Balaban J connectivity index is 2.30. The molecule has 1 aliphatic rings. The fourth-order valence-electron chi connectivity index (χ4n) is 1.44. The zero-order valence-electron chi connectivity index (χ0n) is 7.94. The number of hydrogen-bond acceptors (Lipinski definition) is 4. The largest absolute Gasteiger partial charge is 0.361 e. The molecule has 0 N–H and O–H groups in total. The maximum absolute atomic E-state index is 8.68. The Morgan fingerprint density at radius 3 is 3.15 bits per heavy atom. The average Bonchev–Trinajstić information content (AvgIpc) is 2.18. The van der Waals surface area contributed by atoms with Crippen LogP contribution >= 0.6 is 12.6 Å². The van der Waals surface area contributed by atoms with E-state index in [0.29, 0.717) is 12.5 Å². The van der Waals surface area contributed by atoms with Crippen molar-refractivity contribution in [1.82, 2.24) is 4.90 Å². The zero-order chi connectivity index (χ0) is 9.68. The molecule has 0 aromatic carbocycles. The summed E-state index contributed by atoms with van der Waals surface area (Å²) in [6.45, 7) is 5.55. The zero-order valence-corrected chi connectivity index (χ0v) is 8.83. The molecule has 13 heavy (non-hydrogen) atoms. The van der Waals surface area contributed by atoms with Gasteiger partial charge in [-0.05, 0) is 11.7 Å². The smallest absolute Gasteiger partial charge is 0.156 e. The van der Waals surface area contributed by atoms with Gasteiger partial charge in [-0.3, -0.25) is 4.90 Å². The first-order valence-corrected chi connectivity index (χ1v) is 5.24. The summed E-state index contributed by atoms with van der Waals surface area (Å²) in [6.07, 6.45) is -0.235. The first-order chi connectivity index (χ1) is 6.26. The van der Waals surface area contributed by atoms with Gasteiger partial charge in [0, 0.05) is 19.6 Å². The van der Waals surface area contributed by atoms with Crippen LogP contribution in [0.15, 0.2) is 0 Å². The molecule has 0 bridgehead atoms. The third kappa shape index (κ3) is 3.55. The molecule has 74 valence electrons. The van der Waals surface area contributed by atoms with Crippen LogP contribution < -0.4 is 0 Å². The SMILES string of the molecule is CC(CS)CN1CCOC(C#N)C1. The van der Waals surface area contributed by atoms with Crippen LogP contribution in [0.2, 0.25) is 0 Å². The number of nitriles is 1. The standard InChI is InChI=1S/C9H16N2OS/c1-8(7-13)5-11-2-3-12-9(4-10)6-11/h8-9,13H,2-3,5-7H2,1H3. The summed E-state index contributed by atoms with van der Waals surface area (Å²) in [6, 6.07) is 2.14. The van der Waals surface area contributed by atoms with Crippen LogP contribution in [0.3, 0.4) is 0 Å². The van der Waals surface area contributed by atoms with Crippen molar-refractivity contribution in [1.29, 1.82) is 5.26 Å². The lowest BCUT2D eigenvalue weighted by Gasteiger charge is -2.31. The highest BCUT2D eigenvalue weighted by Gasteiger charge is 2.20. The number of rotatable bonds is 3. The molecule has 1 heterocycles. The van der Waals surface area contributed by atoms with Gasteiger partial charge in [-0.1, -0.05) is 6.92 Å². The van der Waals surface area contributed by atoms with Crippen LogP contribution in [0.25, 0.3) is 0 Å². The van der Waals surface area contributed by atoms with Crippen molar-refractivity contribution >= 4 is 12.6 Å². The van der Waals surface area contributed by atoms with Gasteiger partial charge in [0.25, 0.3) is 0 Å².